The van der Waals surface area contributed by atoms with E-state index in [1.54, 1.807) is 11.0 Å². The summed E-state index contributed by atoms with van der Waals surface area (Å²) in [6.45, 7) is 8.00. The lowest BCUT2D eigenvalue weighted by Gasteiger charge is -2.52. The summed E-state index contributed by atoms with van der Waals surface area (Å²) in [6.07, 6.45) is 2.23. The second-order valence-corrected chi connectivity index (χ2v) is 7.70. The average Bonchev–Trinajstić information content (AvgIpc) is 2.67. The Morgan fingerprint density at radius 1 is 1.29 bits per heavy atom. The highest BCUT2D eigenvalue weighted by molar-refractivity contribution is 6.08. The van der Waals surface area contributed by atoms with E-state index in [0.29, 0.717) is 18.7 Å². The number of carbonyl (C=O) groups is 2. The summed E-state index contributed by atoms with van der Waals surface area (Å²) >= 11 is 0. The van der Waals surface area contributed by atoms with Gasteiger partial charge in [0.2, 0.25) is 11.8 Å². The van der Waals surface area contributed by atoms with E-state index in [1.165, 1.54) is 0 Å². The van der Waals surface area contributed by atoms with Gasteiger partial charge in [0, 0.05) is 24.6 Å². The number of ether oxygens (including phenoxy) is 1. The smallest absolute Gasteiger partial charge is 0.239 e. The minimum atomic E-state index is -0.806. The Morgan fingerprint density at radius 2 is 2.00 bits per heavy atom. The van der Waals surface area contributed by atoms with Crippen molar-refractivity contribution in [1.82, 2.24) is 4.90 Å². The maximum atomic E-state index is 13.4. The molecule has 0 saturated carbocycles. The summed E-state index contributed by atoms with van der Waals surface area (Å²) in [5.74, 6) is -0.811. The first-order valence-electron chi connectivity index (χ1n) is 9.51. The number of hydrogen-bond donors (Lipinski definition) is 1. The average molecular weight is 376 g/mol. The third kappa shape index (κ3) is 2.97. The Kier molecular flexibility index (Phi) is 4.46. The number of piperidine rings is 1. The van der Waals surface area contributed by atoms with Crippen molar-refractivity contribution in [3.05, 3.63) is 72.3 Å². The normalized spacial score (nSPS) is 25.5. The van der Waals surface area contributed by atoms with Crippen molar-refractivity contribution < 1.29 is 14.3 Å². The lowest BCUT2D eigenvalue weighted by atomic mass is 9.73. The van der Waals surface area contributed by atoms with Crippen LogP contribution in [0.1, 0.15) is 30.4 Å². The van der Waals surface area contributed by atoms with Crippen molar-refractivity contribution >= 4 is 17.5 Å². The Morgan fingerprint density at radius 3 is 2.71 bits per heavy atom. The molecule has 144 valence electrons. The minimum Gasteiger partial charge on any atom is -0.468 e. The van der Waals surface area contributed by atoms with E-state index in [-0.39, 0.29) is 17.7 Å². The van der Waals surface area contributed by atoms with Gasteiger partial charge in [0.25, 0.3) is 0 Å². The number of fused-ring (bicyclic) bond motifs is 4. The van der Waals surface area contributed by atoms with Crippen LogP contribution in [-0.2, 0) is 9.59 Å². The zero-order valence-corrected chi connectivity index (χ0v) is 16.1. The SMILES string of the molecule is C=CCN1C(=O)[C@H](C(=O)Nc2ccc(C)cc2)[C@H]2C[C@]1(C)Oc1ccccc12. The van der Waals surface area contributed by atoms with E-state index in [9.17, 15) is 9.59 Å². The molecule has 5 nitrogen and oxygen atoms in total. The number of nitrogens with zero attached hydrogens (tertiary/aromatic N) is 1. The fourth-order valence-corrected chi connectivity index (χ4v) is 4.28. The molecule has 2 aromatic rings. The zero-order chi connectivity index (χ0) is 19.9. The number of amides is 2. The number of para-hydroxylation sites is 1. The highest BCUT2D eigenvalue weighted by Gasteiger charge is 2.55. The molecule has 2 heterocycles. The van der Waals surface area contributed by atoms with Gasteiger partial charge in [0.15, 0.2) is 5.72 Å². The molecule has 2 aliphatic heterocycles. The van der Waals surface area contributed by atoms with Crippen LogP contribution in [-0.4, -0.2) is 29.0 Å². The molecule has 1 saturated heterocycles. The van der Waals surface area contributed by atoms with Crippen LogP contribution in [0.25, 0.3) is 0 Å². The lowest BCUT2D eigenvalue weighted by Crippen LogP contribution is -2.64. The number of rotatable bonds is 4. The molecule has 0 unspecified atom stereocenters. The predicted octanol–water partition coefficient (Wildman–Crippen LogP) is 3.86. The predicted molar refractivity (Wildman–Crippen MR) is 108 cm³/mol. The van der Waals surface area contributed by atoms with Crippen LogP contribution in [0.5, 0.6) is 5.75 Å². The van der Waals surface area contributed by atoms with Crippen molar-refractivity contribution in [3.8, 4) is 5.75 Å². The molecule has 5 heteroatoms. The lowest BCUT2D eigenvalue weighted by molar-refractivity contribution is -0.173. The van der Waals surface area contributed by atoms with Crippen molar-refractivity contribution in [2.45, 2.75) is 31.9 Å². The van der Waals surface area contributed by atoms with Gasteiger partial charge in [-0.05, 0) is 37.6 Å². The highest BCUT2D eigenvalue weighted by Crippen LogP contribution is 2.50. The highest BCUT2D eigenvalue weighted by atomic mass is 16.5. The molecular weight excluding hydrogens is 352 g/mol. The van der Waals surface area contributed by atoms with Crippen LogP contribution >= 0.6 is 0 Å². The number of carbonyl (C=O) groups excluding carboxylic acids is 2. The number of nitrogens with one attached hydrogen (secondary N) is 1. The second-order valence-electron chi connectivity index (χ2n) is 7.70. The van der Waals surface area contributed by atoms with Crippen molar-refractivity contribution in [2.75, 3.05) is 11.9 Å². The van der Waals surface area contributed by atoms with Crippen LogP contribution in [0, 0.1) is 12.8 Å². The van der Waals surface area contributed by atoms with Gasteiger partial charge < -0.3 is 15.0 Å². The van der Waals surface area contributed by atoms with Gasteiger partial charge in [0.1, 0.15) is 11.7 Å². The first kappa shape index (κ1) is 18.3. The first-order valence-corrected chi connectivity index (χ1v) is 9.51. The molecule has 2 aliphatic rings. The molecule has 2 amide bonds. The molecule has 2 aromatic carbocycles. The molecular formula is C23H24N2O3. The van der Waals surface area contributed by atoms with E-state index in [0.717, 1.165) is 16.9 Å². The van der Waals surface area contributed by atoms with Crippen molar-refractivity contribution in [3.63, 3.8) is 0 Å². The van der Waals surface area contributed by atoms with Crippen molar-refractivity contribution in [1.29, 1.82) is 0 Å². The monoisotopic (exact) mass is 376 g/mol. The fourth-order valence-electron chi connectivity index (χ4n) is 4.28. The van der Waals surface area contributed by atoms with E-state index >= 15 is 0 Å². The van der Waals surface area contributed by atoms with Gasteiger partial charge in [-0.25, -0.2) is 0 Å². The largest absolute Gasteiger partial charge is 0.468 e. The molecule has 4 rings (SSSR count). The molecule has 3 atom stereocenters. The van der Waals surface area contributed by atoms with Crippen molar-refractivity contribution in [2.24, 2.45) is 5.92 Å². The van der Waals surface area contributed by atoms with Crippen LogP contribution < -0.4 is 10.1 Å². The van der Waals surface area contributed by atoms with Gasteiger partial charge in [-0.3, -0.25) is 9.59 Å². The van der Waals surface area contributed by atoms with Gasteiger partial charge in [-0.2, -0.15) is 0 Å². The van der Waals surface area contributed by atoms with Gasteiger partial charge in [-0.15, -0.1) is 6.58 Å². The van der Waals surface area contributed by atoms with Gasteiger partial charge >= 0.3 is 0 Å². The number of hydrogen-bond acceptors (Lipinski definition) is 3. The third-order valence-electron chi connectivity index (χ3n) is 5.67. The first-order chi connectivity index (χ1) is 13.4. The van der Waals surface area contributed by atoms with Crippen LogP contribution in [0.3, 0.4) is 0 Å². The number of aryl methyl sites for hydroxylation is 1. The third-order valence-corrected chi connectivity index (χ3v) is 5.67. The molecule has 2 bridgehead atoms. The maximum Gasteiger partial charge on any atom is 0.239 e. The Hall–Kier alpha value is -3.08. The molecule has 1 fully saturated rings. The van der Waals surface area contributed by atoms with E-state index in [2.05, 4.69) is 11.9 Å². The quantitative estimate of drug-likeness (QED) is 0.651. The topological polar surface area (TPSA) is 58.6 Å². The van der Waals surface area contributed by atoms with Gasteiger partial charge in [-0.1, -0.05) is 42.0 Å². The Bertz CT molecular complexity index is 937. The van der Waals surface area contributed by atoms with Crippen LogP contribution in [0.4, 0.5) is 5.69 Å². The standard InChI is InChI=1S/C23H24N2O3/c1-4-13-25-22(27)20(21(26)24-16-11-9-15(2)10-12-16)18-14-23(25,3)28-19-8-6-5-7-17(18)19/h4-12,18,20H,1,13-14H2,2-3H3,(H,24,26)/t18-,20-,23-/m0/s1. The van der Waals surface area contributed by atoms with Gasteiger partial charge in [0.05, 0.1) is 0 Å². The number of anilines is 1. The molecule has 0 radical (unpaired) electrons. The van der Waals surface area contributed by atoms with E-state index in [1.807, 2.05) is 62.4 Å². The summed E-state index contributed by atoms with van der Waals surface area (Å²) in [5.41, 5.74) is 1.92. The number of benzene rings is 2. The Balaban J connectivity index is 1.73. The van der Waals surface area contributed by atoms with Crippen LogP contribution in [0.15, 0.2) is 61.2 Å². The molecule has 28 heavy (non-hydrogen) atoms. The fraction of sp³-hybridized carbons (Fsp3) is 0.304. The summed E-state index contributed by atoms with van der Waals surface area (Å²) in [4.78, 5) is 28.2. The van der Waals surface area contributed by atoms with Crippen LogP contribution in [0.2, 0.25) is 0 Å². The zero-order valence-electron chi connectivity index (χ0n) is 16.1. The molecule has 1 N–H and O–H groups in total. The molecule has 0 aliphatic carbocycles. The maximum absolute atomic E-state index is 13.4. The summed E-state index contributed by atoms with van der Waals surface area (Å²) in [6, 6.07) is 15.2. The summed E-state index contributed by atoms with van der Waals surface area (Å²) in [7, 11) is 0. The summed E-state index contributed by atoms with van der Waals surface area (Å²) in [5, 5.41) is 2.93. The van der Waals surface area contributed by atoms with E-state index < -0.39 is 11.6 Å². The number of likely N-dealkylation sites (tertiary alicyclic amines) is 1. The second kappa shape index (κ2) is 6.82. The molecule has 0 spiro atoms. The van der Waals surface area contributed by atoms with E-state index in [4.69, 9.17) is 4.74 Å². The minimum absolute atomic E-state index is 0.224. The molecule has 0 aromatic heterocycles. The summed E-state index contributed by atoms with van der Waals surface area (Å²) < 4.78 is 6.21. The Labute approximate surface area is 165 Å².